The molecule has 2 amide bonds. The van der Waals surface area contributed by atoms with Gasteiger partial charge in [0.25, 0.3) is 5.91 Å². The van der Waals surface area contributed by atoms with E-state index in [0.717, 1.165) is 27.8 Å². The first-order chi connectivity index (χ1) is 12.1. The summed E-state index contributed by atoms with van der Waals surface area (Å²) in [5.41, 5.74) is 0. The Morgan fingerprint density at radius 3 is 3.00 bits per heavy atom. The number of amidine groups is 1. The Hall–Kier alpha value is -1.52. The van der Waals surface area contributed by atoms with E-state index in [9.17, 15) is 9.59 Å². The highest BCUT2D eigenvalue weighted by Crippen LogP contribution is 2.42. The lowest BCUT2D eigenvalue weighted by Gasteiger charge is -2.12. The molecule has 4 rings (SSSR count). The number of fused-ring (bicyclic) bond motifs is 1. The summed E-state index contributed by atoms with van der Waals surface area (Å²) in [6.07, 6.45) is 4.22. The molecule has 0 radical (unpaired) electrons. The van der Waals surface area contributed by atoms with Gasteiger partial charge < -0.3 is 0 Å². The Balaban J connectivity index is 1.25. The number of nitrogens with zero attached hydrogens (tertiary/aromatic N) is 4. The minimum Gasteiger partial charge on any atom is -0.300 e. The number of rotatable bonds is 6. The lowest BCUT2D eigenvalue weighted by molar-refractivity contribution is -0.118. The van der Waals surface area contributed by atoms with Crippen LogP contribution in [0.25, 0.3) is 0 Å². The zero-order valence-electron chi connectivity index (χ0n) is 13.4. The van der Waals surface area contributed by atoms with Gasteiger partial charge in [0.2, 0.25) is 11.0 Å². The van der Waals surface area contributed by atoms with Crippen molar-refractivity contribution in [1.82, 2.24) is 10.2 Å². The molecule has 0 spiro atoms. The summed E-state index contributed by atoms with van der Waals surface area (Å²) in [7, 11) is 0. The maximum absolute atomic E-state index is 12.0. The number of thioether (sulfide) groups is 2. The van der Waals surface area contributed by atoms with Crippen molar-refractivity contribution in [3.63, 3.8) is 0 Å². The molecule has 3 heterocycles. The molecule has 25 heavy (non-hydrogen) atoms. The van der Waals surface area contributed by atoms with Crippen LogP contribution in [0.2, 0.25) is 0 Å². The number of aliphatic imine (C=N–C) groups is 2. The van der Waals surface area contributed by atoms with Crippen LogP contribution >= 0.6 is 34.9 Å². The van der Waals surface area contributed by atoms with Crippen LogP contribution in [-0.4, -0.2) is 44.4 Å². The second kappa shape index (κ2) is 7.00. The van der Waals surface area contributed by atoms with Crippen molar-refractivity contribution in [3.8, 4) is 0 Å². The molecule has 1 N–H and O–H groups in total. The number of hydrogen-bond donors (Lipinski definition) is 1. The Kier molecular flexibility index (Phi) is 4.74. The number of amides is 2. The van der Waals surface area contributed by atoms with Crippen LogP contribution in [0.15, 0.2) is 21.0 Å². The molecule has 1 fully saturated rings. The SMILES string of the molecule is CC1=CC2C(=O)N=C(CSCC(=O)Nc3nnc(C4CC4)s3)N=C2S1. The summed E-state index contributed by atoms with van der Waals surface area (Å²) in [6.45, 7) is 1.96. The number of carbonyl (C=O) groups excluding carboxylic acids is 2. The van der Waals surface area contributed by atoms with Crippen molar-refractivity contribution in [2.75, 3.05) is 16.8 Å². The zero-order valence-corrected chi connectivity index (χ0v) is 15.8. The van der Waals surface area contributed by atoms with E-state index < -0.39 is 0 Å². The van der Waals surface area contributed by atoms with E-state index in [-0.39, 0.29) is 23.5 Å². The lowest BCUT2D eigenvalue weighted by atomic mass is 10.1. The number of nitrogens with one attached hydrogen (secondary N) is 1. The Labute approximate surface area is 156 Å². The highest BCUT2D eigenvalue weighted by molar-refractivity contribution is 8.17. The van der Waals surface area contributed by atoms with Crippen LogP contribution < -0.4 is 5.32 Å². The molecule has 1 aromatic rings. The topological polar surface area (TPSA) is 96.7 Å². The van der Waals surface area contributed by atoms with Gasteiger partial charge in [0.05, 0.1) is 16.5 Å². The third kappa shape index (κ3) is 4.01. The second-order valence-corrected chi connectivity index (χ2v) is 9.20. The molecule has 1 aromatic heterocycles. The minimum atomic E-state index is -0.305. The maximum Gasteiger partial charge on any atom is 0.261 e. The molecule has 1 unspecified atom stereocenters. The molecule has 1 atom stereocenters. The van der Waals surface area contributed by atoms with Crippen molar-refractivity contribution < 1.29 is 9.59 Å². The molecule has 130 valence electrons. The molecule has 3 aliphatic rings. The number of aromatic nitrogens is 2. The standard InChI is InChI=1S/C15H15N5O2S3/c1-7-4-9-12(22)16-10(17-14(9)24-7)5-23-6-11(21)18-15-20-19-13(25-15)8-2-3-8/h4,8-9H,2-3,5-6H2,1H3,(H,18,20,21). The smallest absolute Gasteiger partial charge is 0.261 e. The van der Waals surface area contributed by atoms with E-state index in [1.807, 2.05) is 13.0 Å². The fourth-order valence-electron chi connectivity index (χ4n) is 2.42. The number of allylic oxidation sites excluding steroid dienone is 1. The van der Waals surface area contributed by atoms with Gasteiger partial charge in [-0.05, 0) is 24.7 Å². The molecule has 0 saturated heterocycles. The first kappa shape index (κ1) is 16.9. The monoisotopic (exact) mass is 393 g/mol. The Bertz CT molecular complexity index is 825. The molecule has 10 heteroatoms. The Morgan fingerprint density at radius 2 is 2.20 bits per heavy atom. The average Bonchev–Trinajstić information content (AvgIpc) is 3.19. The van der Waals surface area contributed by atoms with E-state index >= 15 is 0 Å². The van der Waals surface area contributed by atoms with Gasteiger partial charge in [0.1, 0.15) is 16.8 Å². The van der Waals surface area contributed by atoms with Gasteiger partial charge in [-0.2, -0.15) is 4.99 Å². The second-order valence-electron chi connectivity index (χ2n) is 5.93. The van der Waals surface area contributed by atoms with Crippen LogP contribution in [0.3, 0.4) is 0 Å². The number of anilines is 1. The van der Waals surface area contributed by atoms with E-state index in [1.165, 1.54) is 34.9 Å². The predicted molar refractivity (Wildman–Crippen MR) is 103 cm³/mol. The summed E-state index contributed by atoms with van der Waals surface area (Å²) in [5.74, 6) is 1.09. The third-order valence-electron chi connectivity index (χ3n) is 3.76. The molecule has 1 saturated carbocycles. The molecular formula is C15H15N5O2S3. The van der Waals surface area contributed by atoms with Crippen LogP contribution in [0.5, 0.6) is 0 Å². The van der Waals surface area contributed by atoms with Crippen LogP contribution in [0, 0.1) is 5.92 Å². The van der Waals surface area contributed by atoms with Crippen LogP contribution in [-0.2, 0) is 9.59 Å². The predicted octanol–water partition coefficient (Wildman–Crippen LogP) is 2.69. The average molecular weight is 394 g/mol. The summed E-state index contributed by atoms with van der Waals surface area (Å²) in [5, 5.41) is 13.2. The van der Waals surface area contributed by atoms with E-state index in [1.54, 1.807) is 0 Å². The molecule has 7 nitrogen and oxygen atoms in total. The van der Waals surface area contributed by atoms with Crippen molar-refractivity contribution in [3.05, 3.63) is 16.0 Å². The van der Waals surface area contributed by atoms with Crippen molar-refractivity contribution in [1.29, 1.82) is 0 Å². The fraction of sp³-hybridized carbons (Fsp3) is 0.467. The largest absolute Gasteiger partial charge is 0.300 e. The number of carbonyl (C=O) groups is 2. The third-order valence-corrected chi connectivity index (χ3v) is 6.70. The van der Waals surface area contributed by atoms with Crippen molar-refractivity contribution in [2.24, 2.45) is 15.9 Å². The lowest BCUT2D eigenvalue weighted by Crippen LogP contribution is -2.24. The van der Waals surface area contributed by atoms with Crippen LogP contribution in [0.1, 0.15) is 30.7 Å². The maximum atomic E-state index is 12.0. The number of hydrogen-bond acceptors (Lipinski definition) is 8. The van der Waals surface area contributed by atoms with Gasteiger partial charge in [-0.15, -0.1) is 22.0 Å². The van der Waals surface area contributed by atoms with Crippen molar-refractivity contribution in [2.45, 2.75) is 25.7 Å². The van der Waals surface area contributed by atoms with E-state index in [0.29, 0.717) is 22.6 Å². The highest BCUT2D eigenvalue weighted by Gasteiger charge is 2.32. The van der Waals surface area contributed by atoms with Gasteiger partial charge in [-0.25, -0.2) is 4.99 Å². The summed E-state index contributed by atoms with van der Waals surface area (Å²) >= 11 is 4.33. The Morgan fingerprint density at radius 1 is 1.36 bits per heavy atom. The van der Waals surface area contributed by atoms with E-state index in [4.69, 9.17) is 0 Å². The first-order valence-electron chi connectivity index (χ1n) is 7.86. The molecule has 0 aromatic carbocycles. The quantitative estimate of drug-likeness (QED) is 0.798. The summed E-state index contributed by atoms with van der Waals surface area (Å²) in [4.78, 5) is 33.5. The molecular weight excluding hydrogens is 378 g/mol. The minimum absolute atomic E-state index is 0.135. The normalized spacial score (nSPS) is 22.2. The van der Waals surface area contributed by atoms with Gasteiger partial charge >= 0.3 is 0 Å². The van der Waals surface area contributed by atoms with Gasteiger partial charge in [-0.1, -0.05) is 29.2 Å². The van der Waals surface area contributed by atoms with Gasteiger partial charge in [0.15, 0.2) is 0 Å². The summed E-state index contributed by atoms with van der Waals surface area (Å²) in [6, 6.07) is 0. The summed E-state index contributed by atoms with van der Waals surface area (Å²) < 4.78 is 0. The highest BCUT2D eigenvalue weighted by atomic mass is 32.2. The zero-order chi connectivity index (χ0) is 17.4. The fourth-order valence-corrected chi connectivity index (χ4v) is 5.00. The van der Waals surface area contributed by atoms with Crippen molar-refractivity contribution >= 4 is 62.7 Å². The molecule has 1 aliphatic carbocycles. The molecule has 0 bridgehead atoms. The van der Waals surface area contributed by atoms with E-state index in [2.05, 4.69) is 25.5 Å². The molecule has 2 aliphatic heterocycles. The van der Waals surface area contributed by atoms with Gasteiger partial charge in [0, 0.05) is 5.92 Å². The van der Waals surface area contributed by atoms with Crippen LogP contribution in [0.4, 0.5) is 5.13 Å². The first-order valence-corrected chi connectivity index (χ1v) is 10.6. The van der Waals surface area contributed by atoms with Gasteiger partial charge in [-0.3, -0.25) is 14.9 Å².